The molecule has 0 amide bonds. The molecule has 37 heavy (non-hydrogen) atoms. The SMILES string of the molecule is COC(=O)c1ccc2c(C3CCCCC3)c3n(c2c1)C[C@@]1(C(=O)OC(C)(C)C)C[C@H]1c1cc(F)ccc1-3. The van der Waals surface area contributed by atoms with Crippen LogP contribution in [0.5, 0.6) is 0 Å². The molecule has 0 saturated heterocycles. The number of carbonyl (C=O) groups excluding carboxylic acids is 2. The van der Waals surface area contributed by atoms with Crippen molar-refractivity contribution in [2.45, 2.75) is 83.3 Å². The van der Waals surface area contributed by atoms with E-state index in [-0.39, 0.29) is 23.7 Å². The minimum Gasteiger partial charge on any atom is -0.465 e. The van der Waals surface area contributed by atoms with E-state index in [1.165, 1.54) is 38.0 Å². The number of aromatic nitrogens is 1. The second-order valence-corrected chi connectivity index (χ2v) is 12.1. The summed E-state index contributed by atoms with van der Waals surface area (Å²) in [6.45, 7) is 6.07. The largest absolute Gasteiger partial charge is 0.465 e. The van der Waals surface area contributed by atoms with E-state index in [1.54, 1.807) is 6.07 Å². The van der Waals surface area contributed by atoms with Gasteiger partial charge >= 0.3 is 11.9 Å². The van der Waals surface area contributed by atoms with Crippen molar-refractivity contribution in [3.63, 3.8) is 0 Å². The molecule has 194 valence electrons. The molecule has 0 spiro atoms. The lowest BCUT2D eigenvalue weighted by Crippen LogP contribution is -2.32. The summed E-state index contributed by atoms with van der Waals surface area (Å²) in [6, 6.07) is 10.8. The summed E-state index contributed by atoms with van der Waals surface area (Å²) in [6.07, 6.45) is 6.41. The van der Waals surface area contributed by atoms with E-state index in [1.807, 2.05) is 45.0 Å². The first-order valence-corrected chi connectivity index (χ1v) is 13.4. The number of halogens is 1. The highest BCUT2D eigenvalue weighted by Gasteiger charge is 2.64. The second kappa shape index (κ2) is 8.44. The van der Waals surface area contributed by atoms with Crippen molar-refractivity contribution in [3.8, 4) is 11.3 Å². The second-order valence-electron chi connectivity index (χ2n) is 12.1. The monoisotopic (exact) mass is 503 g/mol. The third-order valence-corrected chi connectivity index (χ3v) is 8.50. The normalized spacial score (nSPS) is 23.0. The van der Waals surface area contributed by atoms with Crippen molar-refractivity contribution >= 4 is 22.8 Å². The Morgan fingerprint density at radius 2 is 1.81 bits per heavy atom. The molecule has 3 aliphatic rings. The highest BCUT2D eigenvalue weighted by atomic mass is 19.1. The maximum Gasteiger partial charge on any atom is 0.337 e. The van der Waals surface area contributed by atoms with Crippen LogP contribution in [-0.4, -0.2) is 29.2 Å². The molecular formula is C31H34FNO4. The third-order valence-electron chi connectivity index (χ3n) is 8.50. The van der Waals surface area contributed by atoms with Crippen LogP contribution in [0.2, 0.25) is 0 Å². The molecule has 2 fully saturated rings. The van der Waals surface area contributed by atoms with Gasteiger partial charge in [0.25, 0.3) is 0 Å². The molecule has 2 atom stereocenters. The van der Waals surface area contributed by atoms with Gasteiger partial charge in [0, 0.05) is 28.9 Å². The molecule has 2 heterocycles. The van der Waals surface area contributed by atoms with Crippen LogP contribution in [0.25, 0.3) is 22.2 Å². The molecule has 2 aliphatic carbocycles. The molecule has 1 aliphatic heterocycles. The molecule has 0 bridgehead atoms. The highest BCUT2D eigenvalue weighted by molar-refractivity contribution is 6.00. The average Bonchev–Trinajstić information content (AvgIpc) is 3.54. The molecule has 2 aromatic carbocycles. The lowest BCUT2D eigenvalue weighted by Gasteiger charge is -2.25. The van der Waals surface area contributed by atoms with E-state index in [9.17, 15) is 14.0 Å². The Morgan fingerprint density at radius 1 is 1.05 bits per heavy atom. The van der Waals surface area contributed by atoms with Crippen molar-refractivity contribution in [2.24, 2.45) is 5.41 Å². The maximum atomic E-state index is 14.7. The Hall–Kier alpha value is -3.15. The minimum absolute atomic E-state index is 0.106. The van der Waals surface area contributed by atoms with Gasteiger partial charge in [0.15, 0.2) is 0 Å². The number of benzene rings is 2. The molecule has 2 saturated carbocycles. The third kappa shape index (κ3) is 3.87. The van der Waals surface area contributed by atoms with Gasteiger partial charge in [0.05, 0.1) is 23.8 Å². The minimum atomic E-state index is -0.766. The zero-order valence-electron chi connectivity index (χ0n) is 22.0. The van der Waals surface area contributed by atoms with Crippen molar-refractivity contribution in [3.05, 3.63) is 58.9 Å². The van der Waals surface area contributed by atoms with Crippen LogP contribution in [0.4, 0.5) is 4.39 Å². The average molecular weight is 504 g/mol. The van der Waals surface area contributed by atoms with Crippen LogP contribution in [0, 0.1) is 11.2 Å². The Morgan fingerprint density at radius 3 is 2.51 bits per heavy atom. The molecule has 6 heteroatoms. The highest BCUT2D eigenvalue weighted by Crippen LogP contribution is 2.66. The van der Waals surface area contributed by atoms with Gasteiger partial charge in [-0.25, -0.2) is 9.18 Å². The number of esters is 2. The number of carbonyl (C=O) groups is 2. The van der Waals surface area contributed by atoms with Gasteiger partial charge in [-0.1, -0.05) is 25.3 Å². The van der Waals surface area contributed by atoms with Gasteiger partial charge in [-0.05, 0) is 87.4 Å². The molecule has 0 radical (unpaired) electrons. The van der Waals surface area contributed by atoms with Crippen LogP contribution in [-0.2, 0) is 20.8 Å². The van der Waals surface area contributed by atoms with Gasteiger partial charge in [-0.2, -0.15) is 0 Å². The van der Waals surface area contributed by atoms with Gasteiger partial charge in [0.1, 0.15) is 11.4 Å². The molecule has 6 rings (SSSR count). The van der Waals surface area contributed by atoms with Gasteiger partial charge in [-0.3, -0.25) is 4.79 Å². The fraction of sp³-hybridized carbons (Fsp3) is 0.484. The zero-order valence-corrected chi connectivity index (χ0v) is 22.0. The fourth-order valence-corrected chi connectivity index (χ4v) is 6.76. The Balaban J connectivity index is 1.64. The number of methoxy groups -OCH3 is 1. The molecule has 0 unspecified atom stereocenters. The summed E-state index contributed by atoms with van der Waals surface area (Å²) in [5, 5.41) is 1.10. The van der Waals surface area contributed by atoms with Crippen molar-refractivity contribution in [1.82, 2.24) is 4.57 Å². The van der Waals surface area contributed by atoms with Crippen LogP contribution < -0.4 is 0 Å². The number of ether oxygens (including phenoxy) is 2. The maximum absolute atomic E-state index is 14.7. The first-order valence-electron chi connectivity index (χ1n) is 13.4. The molecule has 0 N–H and O–H groups in total. The molecule has 3 aromatic rings. The fourth-order valence-electron chi connectivity index (χ4n) is 6.76. The first kappa shape index (κ1) is 24.2. The van der Waals surface area contributed by atoms with Crippen LogP contribution in [0.1, 0.15) is 92.6 Å². The lowest BCUT2D eigenvalue weighted by molar-refractivity contribution is -0.162. The summed E-state index contributed by atoms with van der Waals surface area (Å²) in [5.41, 5.74) is 4.22. The summed E-state index contributed by atoms with van der Waals surface area (Å²) >= 11 is 0. The quantitative estimate of drug-likeness (QED) is 0.357. The summed E-state index contributed by atoms with van der Waals surface area (Å²) in [5.74, 6) is -0.648. The predicted octanol–water partition coefficient (Wildman–Crippen LogP) is 7.11. The van der Waals surface area contributed by atoms with Crippen molar-refractivity contribution in [1.29, 1.82) is 0 Å². The van der Waals surface area contributed by atoms with Crippen molar-refractivity contribution in [2.75, 3.05) is 7.11 Å². The number of nitrogens with zero attached hydrogens (tertiary/aromatic N) is 1. The molecule has 1 aromatic heterocycles. The van der Waals surface area contributed by atoms with Gasteiger partial charge in [-0.15, -0.1) is 0 Å². The number of rotatable bonds is 3. The number of hydrogen-bond donors (Lipinski definition) is 0. The lowest BCUT2D eigenvalue weighted by atomic mass is 9.81. The van der Waals surface area contributed by atoms with E-state index < -0.39 is 11.0 Å². The molecular weight excluding hydrogens is 469 g/mol. The first-order chi connectivity index (χ1) is 17.6. The van der Waals surface area contributed by atoms with Crippen LogP contribution >= 0.6 is 0 Å². The Bertz CT molecular complexity index is 1430. The predicted molar refractivity (Wildman–Crippen MR) is 140 cm³/mol. The Labute approximate surface area is 216 Å². The van der Waals surface area contributed by atoms with E-state index in [2.05, 4.69) is 4.57 Å². The smallest absolute Gasteiger partial charge is 0.337 e. The summed E-state index contributed by atoms with van der Waals surface area (Å²) in [7, 11) is 1.38. The zero-order chi connectivity index (χ0) is 26.1. The van der Waals surface area contributed by atoms with Gasteiger partial charge < -0.3 is 14.0 Å². The standard InChI is InChI=1S/C31H34FNO4/c1-30(2,3)37-29(35)31-16-24(31)23-15-20(32)11-13-21(23)27-26(18-8-6-5-7-9-18)22-12-10-19(28(34)36-4)14-25(22)33(27)17-31/h10-15,18,24H,5-9,16-17H2,1-4H3/t24-,31-/m0/s1. The number of hydrogen-bond acceptors (Lipinski definition) is 4. The van der Waals surface area contributed by atoms with E-state index in [4.69, 9.17) is 9.47 Å². The van der Waals surface area contributed by atoms with Gasteiger partial charge in [0.2, 0.25) is 0 Å². The topological polar surface area (TPSA) is 57.5 Å². The van der Waals surface area contributed by atoms with E-state index in [0.717, 1.165) is 40.6 Å². The Kier molecular flexibility index (Phi) is 5.52. The summed E-state index contributed by atoms with van der Waals surface area (Å²) < 4.78 is 27.8. The number of fused-ring (bicyclic) bond motifs is 7. The van der Waals surface area contributed by atoms with Crippen LogP contribution in [0.15, 0.2) is 36.4 Å². The van der Waals surface area contributed by atoms with Crippen LogP contribution in [0.3, 0.4) is 0 Å². The summed E-state index contributed by atoms with van der Waals surface area (Å²) in [4.78, 5) is 26.2. The molecule has 5 nitrogen and oxygen atoms in total. The van der Waals surface area contributed by atoms with E-state index >= 15 is 0 Å². The van der Waals surface area contributed by atoms with E-state index in [0.29, 0.717) is 24.4 Å². The van der Waals surface area contributed by atoms with Crippen molar-refractivity contribution < 1.29 is 23.5 Å².